The summed E-state index contributed by atoms with van der Waals surface area (Å²) in [7, 11) is 0. The van der Waals surface area contributed by atoms with Gasteiger partial charge in [-0.1, -0.05) is 61.0 Å². The number of nitrogens with one attached hydrogen (secondary N) is 1. The van der Waals surface area contributed by atoms with Gasteiger partial charge in [-0.05, 0) is 59.0 Å². The average Bonchev–Trinajstić information content (AvgIpc) is 2.89. The highest BCUT2D eigenvalue weighted by Crippen LogP contribution is 2.38. The lowest BCUT2D eigenvalue weighted by Crippen LogP contribution is -2.39. The molecule has 6 heteroatoms. The summed E-state index contributed by atoms with van der Waals surface area (Å²) in [6.07, 6.45) is 0. The van der Waals surface area contributed by atoms with Crippen molar-refractivity contribution in [1.29, 1.82) is 0 Å². The maximum absolute atomic E-state index is 13.7. The summed E-state index contributed by atoms with van der Waals surface area (Å²) < 4.78 is 14.5. The molecule has 4 nitrogen and oxygen atoms in total. The Hall–Kier alpha value is -2.99. The third-order valence-electron chi connectivity index (χ3n) is 5.65. The molecule has 2 amide bonds. The van der Waals surface area contributed by atoms with E-state index in [-0.39, 0.29) is 29.6 Å². The zero-order chi connectivity index (χ0) is 23.0. The molecular formula is C26H24BrFN2O2. The lowest BCUT2D eigenvalue weighted by molar-refractivity contribution is -0.117. The highest BCUT2D eigenvalue weighted by atomic mass is 79.9. The number of halogens is 2. The molecule has 3 aromatic rings. The first-order chi connectivity index (χ1) is 15.1. The van der Waals surface area contributed by atoms with Gasteiger partial charge in [0, 0.05) is 21.3 Å². The van der Waals surface area contributed by atoms with Crippen molar-refractivity contribution < 1.29 is 14.0 Å². The molecule has 32 heavy (non-hydrogen) atoms. The number of amides is 2. The first-order valence-electron chi connectivity index (χ1n) is 10.4. The monoisotopic (exact) mass is 494 g/mol. The second-order valence-corrected chi connectivity index (χ2v) is 9.91. The fourth-order valence-electron chi connectivity index (χ4n) is 3.95. The Kier molecular flexibility index (Phi) is 5.91. The minimum absolute atomic E-state index is 0.0358. The van der Waals surface area contributed by atoms with E-state index in [0.29, 0.717) is 11.3 Å². The van der Waals surface area contributed by atoms with Crippen LogP contribution in [-0.2, 0) is 10.2 Å². The topological polar surface area (TPSA) is 49.4 Å². The molecule has 0 fully saturated rings. The third kappa shape index (κ3) is 4.46. The number of nitrogens with zero attached hydrogens (tertiary/aromatic N) is 1. The smallest absolute Gasteiger partial charge is 0.255 e. The fraction of sp³-hybridized carbons (Fsp3) is 0.231. The Bertz CT molecular complexity index is 1170. The normalized spacial score (nSPS) is 16.2. The van der Waals surface area contributed by atoms with Gasteiger partial charge in [-0.2, -0.15) is 0 Å². The van der Waals surface area contributed by atoms with Crippen molar-refractivity contribution in [1.82, 2.24) is 4.90 Å². The van der Waals surface area contributed by atoms with E-state index >= 15 is 0 Å². The number of rotatable bonds is 2. The summed E-state index contributed by atoms with van der Waals surface area (Å²) in [6.45, 7) is 6.22. The summed E-state index contributed by atoms with van der Waals surface area (Å²) >= 11 is 3.49. The van der Waals surface area contributed by atoms with Gasteiger partial charge in [-0.3, -0.25) is 9.59 Å². The van der Waals surface area contributed by atoms with Crippen LogP contribution >= 0.6 is 15.9 Å². The minimum atomic E-state index is -0.558. The Morgan fingerprint density at radius 1 is 1.03 bits per heavy atom. The van der Waals surface area contributed by atoms with Gasteiger partial charge >= 0.3 is 0 Å². The molecule has 0 aromatic heterocycles. The summed E-state index contributed by atoms with van der Waals surface area (Å²) in [6, 6.07) is 18.5. The van der Waals surface area contributed by atoms with Crippen molar-refractivity contribution >= 4 is 33.4 Å². The van der Waals surface area contributed by atoms with E-state index < -0.39 is 6.04 Å². The zero-order valence-electron chi connectivity index (χ0n) is 18.2. The SMILES string of the molecule is CC(C)(C)c1ccc(C(=O)N2CC(=O)Nc3ccc(Br)cc3[C@@H]2c2ccc(F)cc2)cc1. The van der Waals surface area contributed by atoms with Gasteiger partial charge in [0.25, 0.3) is 5.91 Å². The molecule has 1 aliphatic heterocycles. The van der Waals surface area contributed by atoms with Crippen LogP contribution in [0.3, 0.4) is 0 Å². The summed E-state index contributed by atoms with van der Waals surface area (Å²) in [5.41, 5.74) is 3.69. The van der Waals surface area contributed by atoms with Gasteiger partial charge in [0.1, 0.15) is 12.4 Å². The van der Waals surface area contributed by atoms with Gasteiger partial charge in [0.15, 0.2) is 0 Å². The van der Waals surface area contributed by atoms with Crippen molar-refractivity contribution in [2.24, 2.45) is 0 Å². The van der Waals surface area contributed by atoms with E-state index in [2.05, 4.69) is 42.0 Å². The molecular weight excluding hydrogens is 471 g/mol. The van der Waals surface area contributed by atoms with Crippen LogP contribution in [0.15, 0.2) is 71.2 Å². The number of hydrogen-bond acceptors (Lipinski definition) is 2. The Morgan fingerprint density at radius 2 is 1.69 bits per heavy atom. The second kappa shape index (κ2) is 8.51. The Morgan fingerprint density at radius 3 is 2.31 bits per heavy atom. The molecule has 0 spiro atoms. The number of anilines is 1. The predicted molar refractivity (Wildman–Crippen MR) is 127 cm³/mol. The van der Waals surface area contributed by atoms with Crippen LogP contribution in [0.2, 0.25) is 0 Å². The first-order valence-corrected chi connectivity index (χ1v) is 11.2. The molecule has 0 aliphatic carbocycles. The number of carbonyl (C=O) groups is 2. The van der Waals surface area contributed by atoms with Crippen LogP contribution in [0.5, 0.6) is 0 Å². The zero-order valence-corrected chi connectivity index (χ0v) is 19.7. The molecule has 0 bridgehead atoms. The van der Waals surface area contributed by atoms with E-state index in [9.17, 15) is 14.0 Å². The van der Waals surface area contributed by atoms with Crippen molar-refractivity contribution in [3.8, 4) is 0 Å². The Balaban J connectivity index is 1.83. The second-order valence-electron chi connectivity index (χ2n) is 8.99. The third-order valence-corrected chi connectivity index (χ3v) is 6.15. The largest absolute Gasteiger partial charge is 0.324 e. The van der Waals surface area contributed by atoms with Crippen molar-refractivity contribution in [3.63, 3.8) is 0 Å². The lowest BCUT2D eigenvalue weighted by atomic mass is 9.86. The summed E-state index contributed by atoms with van der Waals surface area (Å²) in [5.74, 6) is -0.901. The maximum atomic E-state index is 13.7. The summed E-state index contributed by atoms with van der Waals surface area (Å²) in [4.78, 5) is 27.9. The van der Waals surface area contributed by atoms with Gasteiger partial charge in [-0.15, -0.1) is 0 Å². The van der Waals surface area contributed by atoms with Gasteiger partial charge in [0.05, 0.1) is 6.04 Å². The maximum Gasteiger partial charge on any atom is 0.255 e. The highest BCUT2D eigenvalue weighted by Gasteiger charge is 2.34. The fourth-order valence-corrected chi connectivity index (χ4v) is 4.33. The average molecular weight is 495 g/mol. The van der Waals surface area contributed by atoms with Crippen LogP contribution in [0.1, 0.15) is 53.9 Å². The van der Waals surface area contributed by atoms with Crippen LogP contribution < -0.4 is 5.32 Å². The number of benzene rings is 3. The van der Waals surface area contributed by atoms with Crippen LogP contribution in [0.25, 0.3) is 0 Å². The van der Waals surface area contributed by atoms with E-state index in [1.54, 1.807) is 35.2 Å². The molecule has 0 saturated carbocycles. The molecule has 1 heterocycles. The van der Waals surface area contributed by atoms with E-state index in [1.165, 1.54) is 12.1 Å². The molecule has 1 aliphatic rings. The molecule has 4 rings (SSSR count). The standard InChI is InChI=1S/C26H24BrFN2O2/c1-26(2,3)18-8-4-17(5-9-18)25(32)30-15-23(31)29-22-13-10-19(27)14-21(22)24(30)16-6-11-20(28)12-7-16/h4-14,24H,15H2,1-3H3,(H,29,31)/t24-/m0/s1. The Labute approximate surface area is 195 Å². The van der Waals surface area contributed by atoms with Gasteiger partial charge < -0.3 is 10.2 Å². The van der Waals surface area contributed by atoms with Crippen LogP contribution in [0.4, 0.5) is 10.1 Å². The van der Waals surface area contributed by atoms with Crippen molar-refractivity contribution in [2.45, 2.75) is 32.2 Å². The number of fused-ring (bicyclic) bond motifs is 1. The molecule has 0 unspecified atom stereocenters. The lowest BCUT2D eigenvalue weighted by Gasteiger charge is -2.31. The van der Waals surface area contributed by atoms with Gasteiger partial charge in [-0.25, -0.2) is 4.39 Å². The van der Waals surface area contributed by atoms with Crippen LogP contribution in [0, 0.1) is 5.82 Å². The molecule has 3 aromatic carbocycles. The summed E-state index contributed by atoms with van der Waals surface area (Å²) in [5, 5.41) is 2.90. The van der Waals surface area contributed by atoms with E-state index in [1.807, 2.05) is 24.3 Å². The minimum Gasteiger partial charge on any atom is -0.324 e. The number of hydrogen-bond donors (Lipinski definition) is 1. The molecule has 0 saturated heterocycles. The molecule has 164 valence electrons. The first kappa shape index (κ1) is 22.2. The molecule has 1 atom stereocenters. The van der Waals surface area contributed by atoms with Crippen molar-refractivity contribution in [2.75, 3.05) is 11.9 Å². The van der Waals surface area contributed by atoms with E-state index in [0.717, 1.165) is 21.2 Å². The van der Waals surface area contributed by atoms with E-state index in [4.69, 9.17) is 0 Å². The van der Waals surface area contributed by atoms with Crippen molar-refractivity contribution in [3.05, 3.63) is 99.3 Å². The van der Waals surface area contributed by atoms with Crippen LogP contribution in [-0.4, -0.2) is 23.3 Å². The predicted octanol–water partition coefficient (Wildman–Crippen LogP) is 6.07. The molecule has 0 radical (unpaired) electrons. The number of carbonyl (C=O) groups excluding carboxylic acids is 2. The molecule has 1 N–H and O–H groups in total. The highest BCUT2D eigenvalue weighted by molar-refractivity contribution is 9.10. The van der Waals surface area contributed by atoms with Gasteiger partial charge in [0.2, 0.25) is 5.91 Å². The quantitative estimate of drug-likeness (QED) is 0.469.